The fourth-order valence-corrected chi connectivity index (χ4v) is 4.48. The summed E-state index contributed by atoms with van der Waals surface area (Å²) in [6.45, 7) is 2.38. The summed E-state index contributed by atoms with van der Waals surface area (Å²) in [5.74, 6) is 6.55. The molecule has 9 nitrogen and oxygen atoms in total. The van der Waals surface area contributed by atoms with Crippen LogP contribution in [0.2, 0.25) is 0 Å². The molecule has 0 spiro atoms. The summed E-state index contributed by atoms with van der Waals surface area (Å²) in [6.07, 6.45) is 8.87. The molecule has 0 saturated heterocycles. The minimum Gasteiger partial charge on any atom is -0.383 e. The minimum absolute atomic E-state index is 0.00494. The van der Waals surface area contributed by atoms with Crippen molar-refractivity contribution in [2.45, 2.75) is 32.4 Å². The summed E-state index contributed by atoms with van der Waals surface area (Å²) in [6, 6.07) is 7.95. The van der Waals surface area contributed by atoms with Gasteiger partial charge in [0, 0.05) is 42.0 Å². The van der Waals surface area contributed by atoms with E-state index in [1.54, 1.807) is 29.5 Å². The molecule has 0 atom stereocenters. The van der Waals surface area contributed by atoms with Gasteiger partial charge < -0.3 is 10.6 Å². The van der Waals surface area contributed by atoms with E-state index in [1.165, 1.54) is 0 Å². The van der Waals surface area contributed by atoms with Crippen molar-refractivity contribution in [3.63, 3.8) is 0 Å². The molecule has 1 aromatic carbocycles. The van der Waals surface area contributed by atoms with E-state index in [4.69, 9.17) is 5.73 Å². The van der Waals surface area contributed by atoms with Crippen LogP contribution in [-0.4, -0.2) is 46.8 Å². The number of hydrogen-bond acceptors (Lipinski definition) is 6. The van der Waals surface area contributed by atoms with Crippen LogP contribution < -0.4 is 5.73 Å². The lowest BCUT2D eigenvalue weighted by Gasteiger charge is -2.23. The fraction of sp³-hybridized carbons (Fsp3) is 0.222. The summed E-state index contributed by atoms with van der Waals surface area (Å²) in [5, 5.41) is 12.6. The molecule has 0 radical (unpaired) electrons. The number of anilines is 1. The van der Waals surface area contributed by atoms with E-state index in [2.05, 4.69) is 37.1 Å². The average molecular weight is 477 g/mol. The Hall–Kier alpha value is -4.71. The molecule has 3 N–H and O–H groups in total. The number of H-pyrrole nitrogens is 1. The van der Waals surface area contributed by atoms with Crippen LogP contribution in [0.4, 0.5) is 5.82 Å². The highest BCUT2D eigenvalue weighted by Crippen LogP contribution is 2.33. The number of nitrogens with zero attached hydrogens (tertiary/aromatic N) is 6. The van der Waals surface area contributed by atoms with Crippen molar-refractivity contribution in [2.24, 2.45) is 7.05 Å². The van der Waals surface area contributed by atoms with E-state index in [0.29, 0.717) is 17.9 Å². The molecule has 1 aliphatic carbocycles. The van der Waals surface area contributed by atoms with Crippen LogP contribution >= 0.6 is 0 Å². The monoisotopic (exact) mass is 476 g/mol. The van der Waals surface area contributed by atoms with Crippen LogP contribution in [0.1, 0.15) is 45.6 Å². The molecule has 0 aliphatic heterocycles. The van der Waals surface area contributed by atoms with E-state index in [9.17, 15) is 4.79 Å². The van der Waals surface area contributed by atoms with Crippen molar-refractivity contribution >= 4 is 33.5 Å². The number of nitrogen functional groups attached to an aromatic ring is 1. The highest BCUT2D eigenvalue weighted by Gasteiger charge is 2.34. The molecular formula is C27H24N8O. The molecule has 178 valence electrons. The number of fused-ring (bicyclic) bond motifs is 3. The van der Waals surface area contributed by atoms with Gasteiger partial charge in [0.25, 0.3) is 5.91 Å². The molecule has 0 unspecified atom stereocenters. The summed E-state index contributed by atoms with van der Waals surface area (Å²) >= 11 is 0. The van der Waals surface area contributed by atoms with Crippen molar-refractivity contribution in [3.8, 4) is 11.8 Å². The highest BCUT2D eigenvalue weighted by molar-refractivity contribution is 6.10. The average Bonchev–Trinajstić information content (AvgIpc) is 3.42. The molecule has 1 fully saturated rings. The third-order valence-electron chi connectivity index (χ3n) is 6.54. The first-order valence-corrected chi connectivity index (χ1v) is 11.8. The molecule has 1 aliphatic rings. The number of carbonyl (C=O) groups excluding carboxylic acids is 1. The van der Waals surface area contributed by atoms with Crippen molar-refractivity contribution in [2.75, 3.05) is 5.73 Å². The molecule has 4 aromatic heterocycles. The maximum atomic E-state index is 13.8. The van der Waals surface area contributed by atoms with Gasteiger partial charge in [0.15, 0.2) is 0 Å². The topological polar surface area (TPSA) is 119 Å². The summed E-state index contributed by atoms with van der Waals surface area (Å²) in [5.41, 5.74) is 11.8. The Morgan fingerprint density at radius 1 is 1.17 bits per heavy atom. The molecule has 5 aromatic rings. The molecule has 1 saturated carbocycles. The Morgan fingerprint density at radius 3 is 2.72 bits per heavy atom. The van der Waals surface area contributed by atoms with Gasteiger partial charge in [-0.1, -0.05) is 11.8 Å². The van der Waals surface area contributed by atoms with E-state index < -0.39 is 0 Å². The Labute approximate surface area is 207 Å². The smallest absolute Gasteiger partial charge is 0.254 e. The first-order valence-electron chi connectivity index (χ1n) is 11.8. The first-order chi connectivity index (χ1) is 17.5. The van der Waals surface area contributed by atoms with Gasteiger partial charge in [-0.25, -0.2) is 4.98 Å². The minimum atomic E-state index is -0.00494. The van der Waals surface area contributed by atoms with Crippen molar-refractivity contribution in [1.82, 2.24) is 34.8 Å². The number of hydrogen-bond donors (Lipinski definition) is 2. The lowest BCUT2D eigenvalue weighted by atomic mass is 10.0. The third-order valence-corrected chi connectivity index (χ3v) is 6.54. The maximum absolute atomic E-state index is 13.8. The summed E-state index contributed by atoms with van der Waals surface area (Å²) in [7, 11) is 1.87. The van der Waals surface area contributed by atoms with Gasteiger partial charge in [-0.15, -0.1) is 0 Å². The normalized spacial score (nSPS) is 13.1. The number of amides is 1. The standard InChI is InChI=1S/C27H24N8O/c1-16-9-24-22(25-23(26(28)33-24)14-32-34(25)2)10-21(16)27(36)35(20-7-8-20)15-19-6-5-17(11-29-19)3-4-18-12-30-31-13-18/h5-6,9-14,20H,7-8,15H2,1-2H3,(H2,28,33)(H,30,31). The lowest BCUT2D eigenvalue weighted by Crippen LogP contribution is -2.33. The largest absolute Gasteiger partial charge is 0.383 e. The molecular weight excluding hydrogens is 452 g/mol. The second kappa shape index (κ2) is 8.50. The zero-order chi connectivity index (χ0) is 24.8. The Morgan fingerprint density at radius 2 is 2.00 bits per heavy atom. The van der Waals surface area contributed by atoms with Crippen LogP contribution in [0.3, 0.4) is 0 Å². The van der Waals surface area contributed by atoms with Crippen LogP contribution in [-0.2, 0) is 13.6 Å². The van der Waals surface area contributed by atoms with Crippen LogP contribution in [0.25, 0.3) is 21.8 Å². The second-order valence-corrected chi connectivity index (χ2v) is 9.15. The number of nitrogens with two attached hydrogens (primary N) is 1. The van der Waals surface area contributed by atoms with Crippen molar-refractivity contribution < 1.29 is 4.79 Å². The molecule has 4 heterocycles. The van der Waals surface area contributed by atoms with E-state index in [-0.39, 0.29) is 11.9 Å². The molecule has 1 amide bonds. The highest BCUT2D eigenvalue weighted by atomic mass is 16.2. The van der Waals surface area contributed by atoms with Crippen molar-refractivity contribution in [1.29, 1.82) is 0 Å². The van der Waals surface area contributed by atoms with Gasteiger partial charge in [-0.05, 0) is 49.6 Å². The summed E-state index contributed by atoms with van der Waals surface area (Å²) in [4.78, 5) is 24.9. The fourth-order valence-electron chi connectivity index (χ4n) is 4.48. The predicted octanol–water partition coefficient (Wildman–Crippen LogP) is 3.33. The van der Waals surface area contributed by atoms with Gasteiger partial charge >= 0.3 is 0 Å². The number of aryl methyl sites for hydroxylation is 2. The van der Waals surface area contributed by atoms with Crippen LogP contribution in [0.5, 0.6) is 0 Å². The van der Waals surface area contributed by atoms with E-state index in [1.807, 2.05) is 43.1 Å². The molecule has 9 heteroatoms. The molecule has 6 rings (SSSR count). The predicted molar refractivity (Wildman–Crippen MR) is 137 cm³/mol. The zero-order valence-electron chi connectivity index (χ0n) is 20.0. The van der Waals surface area contributed by atoms with Gasteiger partial charge in [0.05, 0.1) is 46.6 Å². The van der Waals surface area contributed by atoms with Crippen LogP contribution in [0.15, 0.2) is 49.1 Å². The number of aromatic amines is 1. The SMILES string of the molecule is Cc1cc2nc(N)c3cnn(C)c3c2cc1C(=O)N(Cc1ccc(C#Cc2cn[nH]c2)cn1)C1CC1. The van der Waals surface area contributed by atoms with E-state index >= 15 is 0 Å². The number of rotatable bonds is 4. The number of benzene rings is 1. The van der Waals surface area contributed by atoms with Gasteiger partial charge in [-0.3, -0.25) is 19.6 Å². The summed E-state index contributed by atoms with van der Waals surface area (Å²) < 4.78 is 1.78. The molecule has 36 heavy (non-hydrogen) atoms. The lowest BCUT2D eigenvalue weighted by molar-refractivity contribution is 0.0727. The van der Waals surface area contributed by atoms with Crippen molar-refractivity contribution in [3.05, 3.63) is 77.0 Å². The van der Waals surface area contributed by atoms with E-state index in [0.717, 1.165) is 57.0 Å². The van der Waals surface area contributed by atoms with Crippen LogP contribution in [0, 0.1) is 18.8 Å². The maximum Gasteiger partial charge on any atom is 0.254 e. The Bertz CT molecular complexity index is 1670. The number of aromatic nitrogens is 6. The first kappa shape index (κ1) is 21.8. The zero-order valence-corrected chi connectivity index (χ0v) is 20.0. The van der Waals surface area contributed by atoms with Gasteiger partial charge in [0.2, 0.25) is 0 Å². The number of carbonyl (C=O) groups is 1. The Kier molecular flexibility index (Phi) is 5.15. The number of pyridine rings is 2. The quantitative estimate of drug-likeness (QED) is 0.384. The molecule has 0 bridgehead atoms. The Balaban J connectivity index is 1.31. The van der Waals surface area contributed by atoms with Gasteiger partial charge in [0.1, 0.15) is 5.82 Å². The third kappa shape index (κ3) is 3.92. The van der Waals surface area contributed by atoms with Gasteiger partial charge in [-0.2, -0.15) is 10.2 Å². The number of nitrogens with one attached hydrogen (secondary N) is 1. The second-order valence-electron chi connectivity index (χ2n) is 9.15.